The molecule has 4 rings (SSSR count). The molecular formula is C22H24ClN5O4. The van der Waals surface area contributed by atoms with E-state index >= 15 is 0 Å². The summed E-state index contributed by atoms with van der Waals surface area (Å²) >= 11 is 6.33. The van der Waals surface area contributed by atoms with Gasteiger partial charge in [0.15, 0.2) is 0 Å². The molecule has 1 aliphatic heterocycles. The van der Waals surface area contributed by atoms with E-state index in [2.05, 4.69) is 15.3 Å². The second-order valence-corrected chi connectivity index (χ2v) is 7.63. The number of hydrogen-bond acceptors (Lipinski definition) is 7. The average molecular weight is 458 g/mol. The molecule has 3 N–H and O–H groups in total. The summed E-state index contributed by atoms with van der Waals surface area (Å²) in [6.45, 7) is 2.09. The molecule has 168 valence electrons. The van der Waals surface area contributed by atoms with Crippen LogP contribution in [0, 0.1) is 0 Å². The summed E-state index contributed by atoms with van der Waals surface area (Å²) in [5.74, 6) is 1.64. The minimum atomic E-state index is -0.633. The van der Waals surface area contributed by atoms with E-state index in [0.717, 1.165) is 12.2 Å². The Hall–Kier alpha value is -3.43. The molecule has 2 heterocycles. The number of carbonyl (C=O) groups excluding carboxylic acids is 1. The molecule has 1 aromatic heterocycles. The monoisotopic (exact) mass is 457 g/mol. The Morgan fingerprint density at radius 1 is 1.28 bits per heavy atom. The van der Waals surface area contributed by atoms with Crippen molar-refractivity contribution in [3.05, 3.63) is 47.6 Å². The van der Waals surface area contributed by atoms with Crippen LogP contribution in [0.2, 0.25) is 5.02 Å². The molecule has 0 saturated heterocycles. The first-order valence-corrected chi connectivity index (χ1v) is 10.5. The number of halogens is 1. The average Bonchev–Trinajstić information content (AvgIpc) is 3.10. The minimum Gasteiger partial charge on any atom is -0.492 e. The van der Waals surface area contributed by atoms with Crippen molar-refractivity contribution < 1.29 is 19.0 Å². The highest BCUT2D eigenvalue weighted by molar-refractivity contribution is 6.33. The molecular weight excluding hydrogens is 434 g/mol. The Bertz CT molecular complexity index is 1110. The summed E-state index contributed by atoms with van der Waals surface area (Å²) in [6, 6.07) is 10.5. The predicted octanol–water partition coefficient (Wildman–Crippen LogP) is 3.52. The van der Waals surface area contributed by atoms with E-state index in [9.17, 15) is 4.79 Å². The third kappa shape index (κ3) is 4.58. The summed E-state index contributed by atoms with van der Waals surface area (Å²) < 4.78 is 18.5. The summed E-state index contributed by atoms with van der Waals surface area (Å²) in [4.78, 5) is 14.6. The molecule has 9 nitrogen and oxygen atoms in total. The fourth-order valence-electron chi connectivity index (χ4n) is 3.45. The van der Waals surface area contributed by atoms with Crippen LogP contribution < -0.4 is 30.2 Å². The summed E-state index contributed by atoms with van der Waals surface area (Å²) in [5, 5.41) is 7.38. The van der Waals surface area contributed by atoms with Gasteiger partial charge >= 0.3 is 6.09 Å². The molecule has 3 aromatic rings. The van der Waals surface area contributed by atoms with Crippen LogP contribution in [0.5, 0.6) is 17.2 Å². The number of aromatic nitrogens is 2. The second kappa shape index (κ2) is 9.37. The second-order valence-electron chi connectivity index (χ2n) is 7.23. The molecule has 0 atom stereocenters. The number of nitrogens with one attached hydrogen (secondary N) is 1. The van der Waals surface area contributed by atoms with Crippen molar-refractivity contribution in [3.63, 3.8) is 0 Å². The SMILES string of the molecule is CN1CCOc2cc(OC(=O)Nc3ccc(OCCN)c(-c4c(Cl)cnn4C)c3)ccc21. The molecule has 10 heteroatoms. The van der Waals surface area contributed by atoms with Gasteiger partial charge in [0.25, 0.3) is 0 Å². The van der Waals surface area contributed by atoms with E-state index in [4.69, 9.17) is 31.5 Å². The molecule has 0 fully saturated rings. The van der Waals surface area contributed by atoms with Gasteiger partial charge in [-0.25, -0.2) is 4.79 Å². The van der Waals surface area contributed by atoms with Crippen LogP contribution in [0.25, 0.3) is 11.3 Å². The predicted molar refractivity (Wildman–Crippen MR) is 123 cm³/mol. The molecule has 0 radical (unpaired) electrons. The molecule has 0 bridgehead atoms. The maximum Gasteiger partial charge on any atom is 0.417 e. The first kappa shape index (κ1) is 21.8. The van der Waals surface area contributed by atoms with Crippen molar-refractivity contribution >= 4 is 29.1 Å². The van der Waals surface area contributed by atoms with E-state index in [0.29, 0.717) is 59.0 Å². The molecule has 0 unspecified atom stereocenters. The van der Waals surface area contributed by atoms with Crippen molar-refractivity contribution in [3.8, 4) is 28.5 Å². The van der Waals surface area contributed by atoms with Crippen LogP contribution in [0.4, 0.5) is 16.2 Å². The number of ether oxygens (including phenoxy) is 3. The number of nitrogens with two attached hydrogens (primary N) is 1. The van der Waals surface area contributed by atoms with Gasteiger partial charge in [-0.05, 0) is 30.3 Å². The molecule has 0 saturated carbocycles. The van der Waals surface area contributed by atoms with Crippen LogP contribution in [-0.4, -0.2) is 49.2 Å². The smallest absolute Gasteiger partial charge is 0.417 e. The van der Waals surface area contributed by atoms with Crippen molar-refractivity contribution in [2.45, 2.75) is 0 Å². The number of fused-ring (bicyclic) bond motifs is 1. The maximum absolute atomic E-state index is 12.5. The van der Waals surface area contributed by atoms with Gasteiger partial charge in [-0.15, -0.1) is 0 Å². The van der Waals surface area contributed by atoms with Gasteiger partial charge in [0.2, 0.25) is 0 Å². The first-order chi connectivity index (χ1) is 15.5. The van der Waals surface area contributed by atoms with Crippen LogP contribution >= 0.6 is 11.6 Å². The molecule has 2 aromatic carbocycles. The zero-order chi connectivity index (χ0) is 22.7. The summed E-state index contributed by atoms with van der Waals surface area (Å²) in [6.07, 6.45) is 0.917. The number of nitrogens with zero attached hydrogens (tertiary/aromatic N) is 3. The molecule has 1 amide bonds. The topological polar surface area (TPSA) is 104 Å². The Morgan fingerprint density at radius 2 is 2.12 bits per heavy atom. The van der Waals surface area contributed by atoms with Gasteiger partial charge in [-0.1, -0.05) is 11.6 Å². The lowest BCUT2D eigenvalue weighted by Crippen LogP contribution is -2.28. The third-order valence-corrected chi connectivity index (χ3v) is 5.26. The molecule has 0 spiro atoms. The summed E-state index contributed by atoms with van der Waals surface area (Å²) in [5.41, 5.74) is 8.37. The largest absolute Gasteiger partial charge is 0.492 e. The minimum absolute atomic E-state index is 0.340. The zero-order valence-corrected chi connectivity index (χ0v) is 18.6. The van der Waals surface area contributed by atoms with Crippen LogP contribution in [-0.2, 0) is 7.05 Å². The number of rotatable bonds is 6. The van der Waals surface area contributed by atoms with Gasteiger partial charge in [0, 0.05) is 38.0 Å². The Balaban J connectivity index is 1.54. The van der Waals surface area contributed by atoms with Crippen molar-refractivity contribution in [2.75, 3.05) is 43.6 Å². The number of carbonyl (C=O) groups is 1. The van der Waals surface area contributed by atoms with Gasteiger partial charge in [-0.3, -0.25) is 10.00 Å². The number of benzene rings is 2. The first-order valence-electron chi connectivity index (χ1n) is 10.1. The fourth-order valence-corrected chi connectivity index (χ4v) is 3.72. The van der Waals surface area contributed by atoms with Crippen molar-refractivity contribution in [2.24, 2.45) is 12.8 Å². The Labute approximate surface area is 190 Å². The number of likely N-dealkylation sites (N-methyl/N-ethyl adjacent to an activating group) is 1. The van der Waals surface area contributed by atoms with Gasteiger partial charge in [-0.2, -0.15) is 5.10 Å². The molecule has 1 aliphatic rings. The van der Waals surface area contributed by atoms with Crippen LogP contribution in [0.15, 0.2) is 42.6 Å². The van der Waals surface area contributed by atoms with Crippen molar-refractivity contribution in [1.29, 1.82) is 0 Å². The molecule has 32 heavy (non-hydrogen) atoms. The standard InChI is InChI=1S/C22H24ClN5O4/c1-27-8-10-31-20-12-15(4-5-18(20)27)32-22(29)26-14-3-6-19(30-9-7-24)16(11-14)21-17(23)13-25-28(21)2/h3-6,11-13H,7-10,24H2,1-2H3,(H,26,29). The molecule has 0 aliphatic carbocycles. The van der Waals surface area contributed by atoms with E-state index in [1.165, 1.54) is 0 Å². The fraction of sp³-hybridized carbons (Fsp3) is 0.273. The maximum atomic E-state index is 12.5. The van der Waals surface area contributed by atoms with Crippen molar-refractivity contribution in [1.82, 2.24) is 9.78 Å². The lowest BCUT2D eigenvalue weighted by molar-refractivity contribution is 0.215. The highest BCUT2D eigenvalue weighted by atomic mass is 35.5. The zero-order valence-electron chi connectivity index (χ0n) is 17.8. The van der Waals surface area contributed by atoms with Gasteiger partial charge < -0.3 is 24.8 Å². The van der Waals surface area contributed by atoms with Gasteiger partial charge in [0.1, 0.15) is 30.5 Å². The van der Waals surface area contributed by atoms with E-state index < -0.39 is 6.09 Å². The summed E-state index contributed by atoms with van der Waals surface area (Å²) in [7, 11) is 3.76. The Kier molecular flexibility index (Phi) is 6.38. The van der Waals surface area contributed by atoms with Crippen LogP contribution in [0.3, 0.4) is 0 Å². The quantitative estimate of drug-likeness (QED) is 0.583. The lowest BCUT2D eigenvalue weighted by atomic mass is 10.1. The van der Waals surface area contributed by atoms with Gasteiger partial charge in [0.05, 0.1) is 29.1 Å². The highest BCUT2D eigenvalue weighted by Gasteiger charge is 2.18. The number of anilines is 2. The highest BCUT2D eigenvalue weighted by Crippen LogP contribution is 2.37. The number of aryl methyl sites for hydroxylation is 1. The lowest BCUT2D eigenvalue weighted by Gasteiger charge is -2.27. The van der Waals surface area contributed by atoms with Crippen LogP contribution in [0.1, 0.15) is 0 Å². The van der Waals surface area contributed by atoms with E-state index in [-0.39, 0.29) is 0 Å². The number of amides is 1. The van der Waals surface area contributed by atoms with E-state index in [1.807, 2.05) is 13.1 Å². The van der Waals surface area contributed by atoms with E-state index in [1.54, 1.807) is 48.3 Å². The third-order valence-electron chi connectivity index (χ3n) is 4.99. The number of hydrogen-bond donors (Lipinski definition) is 2. The normalized spacial score (nSPS) is 12.7. The Morgan fingerprint density at radius 3 is 2.88 bits per heavy atom.